The van der Waals surface area contributed by atoms with E-state index in [1.807, 2.05) is 0 Å². The zero-order chi connectivity index (χ0) is 17.0. The number of carbonyl (C=O) groups is 1. The average molecular weight is 327 g/mol. The smallest absolute Gasteiger partial charge is 0.381 e. The van der Waals surface area contributed by atoms with Gasteiger partial charge in [0.2, 0.25) is 0 Å². The summed E-state index contributed by atoms with van der Waals surface area (Å²) >= 11 is 0. The largest absolute Gasteiger partial charge is 0.417 e. The maximum atomic E-state index is 13.3. The number of carbonyl (C=O) groups excluding carboxylic acids is 1. The zero-order valence-corrected chi connectivity index (χ0v) is 12.6. The maximum absolute atomic E-state index is 13.3. The van der Waals surface area contributed by atoms with Crippen LogP contribution >= 0.6 is 0 Å². The van der Waals surface area contributed by atoms with Crippen LogP contribution in [0.3, 0.4) is 0 Å². The minimum atomic E-state index is -4.50. The van der Waals surface area contributed by atoms with Crippen molar-refractivity contribution in [3.8, 4) is 0 Å². The Morgan fingerprint density at radius 1 is 1.39 bits per heavy atom. The summed E-state index contributed by atoms with van der Waals surface area (Å²) < 4.78 is 44.6. The topological polar surface area (TPSA) is 62.7 Å². The first-order chi connectivity index (χ1) is 10.8. The number of alkyl halides is 3. The lowest BCUT2D eigenvalue weighted by Crippen LogP contribution is -2.48. The summed E-state index contributed by atoms with van der Waals surface area (Å²) in [5.74, 6) is 0. The average Bonchev–Trinajstić information content (AvgIpc) is 2.47. The van der Waals surface area contributed by atoms with E-state index in [4.69, 9.17) is 4.74 Å². The lowest BCUT2D eigenvalue weighted by molar-refractivity contribution is -0.137. The van der Waals surface area contributed by atoms with E-state index in [-0.39, 0.29) is 12.2 Å². The lowest BCUT2D eigenvalue weighted by atomic mass is 9.97. The van der Waals surface area contributed by atoms with Gasteiger partial charge in [0.05, 0.1) is 23.9 Å². The summed E-state index contributed by atoms with van der Waals surface area (Å²) in [7, 11) is 1.46. The van der Waals surface area contributed by atoms with Crippen molar-refractivity contribution in [3.05, 3.63) is 41.0 Å². The first-order valence-corrected chi connectivity index (χ1v) is 6.84. The van der Waals surface area contributed by atoms with E-state index < -0.39 is 23.8 Å². The molecule has 0 saturated heterocycles. The predicted molar refractivity (Wildman–Crippen MR) is 80.0 cm³/mol. The third kappa shape index (κ3) is 4.10. The Morgan fingerprint density at radius 2 is 2.13 bits per heavy atom. The number of rotatable bonds is 4. The van der Waals surface area contributed by atoms with Gasteiger partial charge in [-0.3, -0.25) is 0 Å². The number of urea groups is 1. The Hall–Kier alpha value is -2.35. The number of hydrogen-bond donors (Lipinski definition) is 2. The van der Waals surface area contributed by atoms with Crippen LogP contribution in [0.5, 0.6) is 0 Å². The Labute approximate surface area is 131 Å². The molecule has 0 unspecified atom stereocenters. The zero-order valence-electron chi connectivity index (χ0n) is 12.6. The van der Waals surface area contributed by atoms with Gasteiger partial charge in [0.25, 0.3) is 0 Å². The van der Waals surface area contributed by atoms with E-state index in [0.717, 1.165) is 6.07 Å². The quantitative estimate of drug-likeness (QED) is 0.893. The number of methoxy groups -OCH3 is 1. The van der Waals surface area contributed by atoms with Crippen molar-refractivity contribution in [3.63, 3.8) is 0 Å². The van der Waals surface area contributed by atoms with Gasteiger partial charge >= 0.3 is 12.2 Å². The van der Waals surface area contributed by atoms with E-state index in [9.17, 15) is 18.0 Å². The van der Waals surface area contributed by atoms with Crippen molar-refractivity contribution in [2.45, 2.75) is 19.1 Å². The van der Waals surface area contributed by atoms with E-state index in [2.05, 4.69) is 15.8 Å². The second-order valence-electron chi connectivity index (χ2n) is 4.96. The SMILES string of the molecule is COC/C=C/c1ccc(C2=NNC(=O)N[C@H]2C)cc1C(F)(F)F. The molecule has 1 aliphatic heterocycles. The van der Waals surface area contributed by atoms with Gasteiger partial charge in [0, 0.05) is 12.7 Å². The summed E-state index contributed by atoms with van der Waals surface area (Å²) in [5.41, 5.74) is 2.10. The fourth-order valence-electron chi connectivity index (χ4n) is 2.20. The molecule has 0 saturated carbocycles. The molecule has 0 spiro atoms. The van der Waals surface area contributed by atoms with Crippen LogP contribution in [0.15, 0.2) is 29.4 Å². The van der Waals surface area contributed by atoms with E-state index in [1.165, 1.54) is 31.4 Å². The second kappa shape index (κ2) is 6.82. The van der Waals surface area contributed by atoms with Crippen LogP contribution in [0.4, 0.5) is 18.0 Å². The lowest BCUT2D eigenvalue weighted by Gasteiger charge is -2.22. The van der Waals surface area contributed by atoms with Crippen molar-refractivity contribution in [1.82, 2.24) is 10.7 Å². The first-order valence-electron chi connectivity index (χ1n) is 6.84. The number of amides is 2. The van der Waals surface area contributed by atoms with Gasteiger partial charge in [-0.2, -0.15) is 18.3 Å². The van der Waals surface area contributed by atoms with Crippen molar-refractivity contribution in [2.75, 3.05) is 13.7 Å². The standard InChI is InChI=1S/C15H16F3N3O2/c1-9-13(20-21-14(22)19-9)11-6-5-10(4-3-7-23-2)12(8-11)15(16,17)18/h3-6,8-9H,7H2,1-2H3,(H2,19,21,22)/b4-3+/t9-/m0/s1. The molecule has 1 aromatic carbocycles. The van der Waals surface area contributed by atoms with E-state index >= 15 is 0 Å². The van der Waals surface area contributed by atoms with Gasteiger partial charge in [-0.05, 0) is 18.6 Å². The molecule has 2 amide bonds. The fraction of sp³-hybridized carbons (Fsp3) is 0.333. The van der Waals surface area contributed by atoms with Gasteiger partial charge in [-0.15, -0.1) is 0 Å². The Morgan fingerprint density at radius 3 is 2.74 bits per heavy atom. The van der Waals surface area contributed by atoms with Crippen molar-refractivity contribution in [1.29, 1.82) is 0 Å². The van der Waals surface area contributed by atoms with Crippen LogP contribution in [-0.4, -0.2) is 31.5 Å². The molecular formula is C15H16F3N3O2. The summed E-state index contributed by atoms with van der Waals surface area (Å²) in [6, 6.07) is 2.96. The summed E-state index contributed by atoms with van der Waals surface area (Å²) in [4.78, 5) is 11.1. The van der Waals surface area contributed by atoms with Crippen LogP contribution in [-0.2, 0) is 10.9 Å². The van der Waals surface area contributed by atoms with Crippen molar-refractivity contribution in [2.24, 2.45) is 5.10 Å². The molecule has 5 nitrogen and oxygen atoms in total. The molecule has 0 aliphatic carbocycles. The normalized spacial score (nSPS) is 18.6. The first kappa shape index (κ1) is 17.0. The molecule has 1 atom stereocenters. The summed E-state index contributed by atoms with van der Waals surface area (Å²) in [5, 5.41) is 6.39. The van der Waals surface area contributed by atoms with E-state index in [0.29, 0.717) is 11.3 Å². The number of nitrogens with one attached hydrogen (secondary N) is 2. The molecule has 0 bridgehead atoms. The monoisotopic (exact) mass is 327 g/mol. The highest BCUT2D eigenvalue weighted by Gasteiger charge is 2.34. The van der Waals surface area contributed by atoms with Gasteiger partial charge < -0.3 is 10.1 Å². The van der Waals surface area contributed by atoms with Gasteiger partial charge in [-0.1, -0.05) is 24.3 Å². The van der Waals surface area contributed by atoms with Crippen molar-refractivity contribution >= 4 is 17.8 Å². The van der Waals surface area contributed by atoms with Crippen LogP contribution < -0.4 is 10.7 Å². The molecule has 1 heterocycles. The molecule has 0 aromatic heterocycles. The summed E-state index contributed by atoms with van der Waals surface area (Å²) in [6.45, 7) is 1.87. The van der Waals surface area contributed by atoms with Crippen molar-refractivity contribution < 1.29 is 22.7 Å². The number of ether oxygens (including phenoxy) is 1. The molecule has 0 fully saturated rings. The minimum absolute atomic E-state index is 0.0411. The van der Waals surface area contributed by atoms with Gasteiger partial charge in [0.1, 0.15) is 0 Å². The van der Waals surface area contributed by atoms with Gasteiger partial charge in [0.15, 0.2) is 0 Å². The van der Waals surface area contributed by atoms with Crippen LogP contribution in [0, 0.1) is 0 Å². The highest BCUT2D eigenvalue weighted by molar-refractivity contribution is 6.07. The molecule has 0 radical (unpaired) electrons. The highest BCUT2D eigenvalue weighted by Crippen LogP contribution is 2.33. The number of benzene rings is 1. The van der Waals surface area contributed by atoms with Crippen LogP contribution in [0.25, 0.3) is 6.08 Å². The molecular weight excluding hydrogens is 311 g/mol. The minimum Gasteiger partial charge on any atom is -0.381 e. The molecule has 2 N–H and O–H groups in total. The van der Waals surface area contributed by atoms with Crippen LogP contribution in [0.2, 0.25) is 0 Å². The van der Waals surface area contributed by atoms with Crippen LogP contribution in [0.1, 0.15) is 23.6 Å². The molecule has 2 rings (SSSR count). The molecule has 124 valence electrons. The Bertz CT molecular complexity index is 654. The Balaban J connectivity index is 2.42. The molecule has 1 aliphatic rings. The third-order valence-corrected chi connectivity index (χ3v) is 3.25. The fourth-order valence-corrected chi connectivity index (χ4v) is 2.20. The predicted octanol–water partition coefficient (Wildman–Crippen LogP) is 2.77. The molecule has 8 heteroatoms. The number of hydrazone groups is 1. The summed E-state index contributed by atoms with van der Waals surface area (Å²) in [6.07, 6.45) is -1.63. The number of halogens is 3. The maximum Gasteiger partial charge on any atom is 0.417 e. The molecule has 23 heavy (non-hydrogen) atoms. The Kier molecular flexibility index (Phi) is 5.05. The third-order valence-electron chi connectivity index (χ3n) is 3.25. The second-order valence-corrected chi connectivity index (χ2v) is 4.96. The van der Waals surface area contributed by atoms with E-state index in [1.54, 1.807) is 6.92 Å². The number of nitrogens with zero attached hydrogens (tertiary/aromatic N) is 1. The van der Waals surface area contributed by atoms with Gasteiger partial charge in [-0.25, -0.2) is 10.2 Å². The highest BCUT2D eigenvalue weighted by atomic mass is 19.4. The number of hydrogen-bond acceptors (Lipinski definition) is 3. The molecule has 1 aromatic rings.